The first-order valence-electron chi connectivity index (χ1n) is 8.65. The van der Waals surface area contributed by atoms with Crippen LogP contribution in [0.3, 0.4) is 0 Å². The van der Waals surface area contributed by atoms with Crippen molar-refractivity contribution in [3.05, 3.63) is 35.4 Å². The second kappa shape index (κ2) is 7.31. The molecule has 0 saturated carbocycles. The molecule has 0 aromatic carbocycles. The molecule has 3 heterocycles. The lowest BCUT2D eigenvalue weighted by molar-refractivity contribution is -0.123. The Morgan fingerprint density at radius 3 is 3.04 bits per heavy atom. The van der Waals surface area contributed by atoms with Gasteiger partial charge in [-0.1, -0.05) is 0 Å². The number of ether oxygens (including phenoxy) is 1. The summed E-state index contributed by atoms with van der Waals surface area (Å²) in [5, 5.41) is 7.48. The number of aromatic nitrogens is 2. The molecule has 7 heteroatoms. The SMILES string of the molecule is COc1c([C@H]2CCCN2CC(=O)N[C@@H](C)c2ccco2)c(C)nn1C. The Kier molecular flexibility index (Phi) is 5.13. The van der Waals surface area contributed by atoms with E-state index in [9.17, 15) is 4.79 Å². The molecule has 1 N–H and O–H groups in total. The molecule has 1 aliphatic heterocycles. The maximum atomic E-state index is 12.5. The van der Waals surface area contributed by atoms with E-state index in [-0.39, 0.29) is 18.0 Å². The first-order valence-corrected chi connectivity index (χ1v) is 8.65. The van der Waals surface area contributed by atoms with Gasteiger partial charge >= 0.3 is 0 Å². The van der Waals surface area contributed by atoms with E-state index >= 15 is 0 Å². The topological polar surface area (TPSA) is 72.5 Å². The van der Waals surface area contributed by atoms with E-state index in [0.29, 0.717) is 6.54 Å². The van der Waals surface area contributed by atoms with Crippen molar-refractivity contribution in [2.45, 2.75) is 38.8 Å². The number of carbonyl (C=O) groups excluding carboxylic acids is 1. The van der Waals surface area contributed by atoms with Crippen LogP contribution in [0.15, 0.2) is 22.8 Å². The van der Waals surface area contributed by atoms with E-state index < -0.39 is 0 Å². The Morgan fingerprint density at radius 1 is 1.56 bits per heavy atom. The summed E-state index contributed by atoms with van der Waals surface area (Å²) in [6.07, 6.45) is 3.68. The molecule has 1 saturated heterocycles. The van der Waals surface area contributed by atoms with Gasteiger partial charge in [0.15, 0.2) is 0 Å². The van der Waals surface area contributed by atoms with Gasteiger partial charge in [-0.2, -0.15) is 5.10 Å². The van der Waals surface area contributed by atoms with Crippen LogP contribution in [0.2, 0.25) is 0 Å². The summed E-state index contributed by atoms with van der Waals surface area (Å²) in [6.45, 7) is 5.16. The monoisotopic (exact) mass is 346 g/mol. The lowest BCUT2D eigenvalue weighted by Crippen LogP contribution is -2.38. The minimum absolute atomic E-state index is 0.00342. The largest absolute Gasteiger partial charge is 0.481 e. The fraction of sp³-hybridized carbons (Fsp3) is 0.556. The van der Waals surface area contributed by atoms with Gasteiger partial charge in [-0.05, 0) is 45.4 Å². The lowest BCUT2D eigenvalue weighted by Gasteiger charge is -2.25. The molecule has 136 valence electrons. The van der Waals surface area contributed by atoms with Gasteiger partial charge < -0.3 is 14.5 Å². The summed E-state index contributed by atoms with van der Waals surface area (Å²) < 4.78 is 12.7. The van der Waals surface area contributed by atoms with Crippen LogP contribution in [0.25, 0.3) is 0 Å². The molecule has 3 rings (SSSR count). The van der Waals surface area contributed by atoms with Gasteiger partial charge in [-0.15, -0.1) is 0 Å². The second-order valence-corrected chi connectivity index (χ2v) is 6.57. The van der Waals surface area contributed by atoms with Crippen LogP contribution >= 0.6 is 0 Å². The molecular weight excluding hydrogens is 320 g/mol. The van der Waals surface area contributed by atoms with E-state index in [1.807, 2.05) is 33.0 Å². The molecule has 2 aromatic heterocycles. The lowest BCUT2D eigenvalue weighted by atomic mass is 10.0. The first-order chi connectivity index (χ1) is 12.0. The van der Waals surface area contributed by atoms with E-state index in [0.717, 1.165) is 42.3 Å². The molecule has 1 aliphatic rings. The van der Waals surface area contributed by atoms with E-state index in [2.05, 4.69) is 15.3 Å². The number of rotatable bonds is 6. The van der Waals surface area contributed by atoms with Gasteiger partial charge in [-0.25, -0.2) is 4.68 Å². The van der Waals surface area contributed by atoms with Crippen LogP contribution in [0, 0.1) is 6.92 Å². The summed E-state index contributed by atoms with van der Waals surface area (Å²) in [5.74, 6) is 1.53. The smallest absolute Gasteiger partial charge is 0.234 e. The van der Waals surface area contributed by atoms with Gasteiger partial charge in [0.1, 0.15) is 5.76 Å². The number of likely N-dealkylation sites (tertiary alicyclic amines) is 1. The van der Waals surface area contributed by atoms with Crippen molar-refractivity contribution in [3.8, 4) is 5.88 Å². The molecule has 0 spiro atoms. The number of hydrogen-bond donors (Lipinski definition) is 1. The zero-order valence-electron chi connectivity index (χ0n) is 15.3. The van der Waals surface area contributed by atoms with Crippen molar-refractivity contribution in [2.75, 3.05) is 20.2 Å². The van der Waals surface area contributed by atoms with Crippen molar-refractivity contribution in [2.24, 2.45) is 7.05 Å². The molecule has 2 aromatic rings. The van der Waals surface area contributed by atoms with E-state index in [1.54, 1.807) is 18.1 Å². The van der Waals surface area contributed by atoms with Gasteiger partial charge in [-0.3, -0.25) is 9.69 Å². The maximum absolute atomic E-state index is 12.5. The Balaban J connectivity index is 1.69. The number of nitrogens with one attached hydrogen (secondary N) is 1. The van der Waals surface area contributed by atoms with Crippen molar-refractivity contribution < 1.29 is 13.9 Å². The minimum Gasteiger partial charge on any atom is -0.481 e. The van der Waals surface area contributed by atoms with Crippen molar-refractivity contribution in [1.82, 2.24) is 20.0 Å². The van der Waals surface area contributed by atoms with Gasteiger partial charge in [0, 0.05) is 13.1 Å². The maximum Gasteiger partial charge on any atom is 0.234 e. The zero-order chi connectivity index (χ0) is 18.0. The second-order valence-electron chi connectivity index (χ2n) is 6.57. The number of aryl methyl sites for hydroxylation is 2. The third-order valence-corrected chi connectivity index (χ3v) is 4.80. The molecule has 0 aliphatic carbocycles. The highest BCUT2D eigenvalue weighted by Gasteiger charge is 2.33. The average Bonchev–Trinajstić information content (AvgIpc) is 3.27. The molecule has 0 bridgehead atoms. The minimum atomic E-state index is -0.141. The first kappa shape index (κ1) is 17.5. The molecule has 0 unspecified atom stereocenters. The van der Waals surface area contributed by atoms with Gasteiger partial charge in [0.25, 0.3) is 0 Å². The molecule has 1 amide bonds. The predicted octanol–water partition coefficient (Wildman–Crippen LogP) is 2.34. The highest BCUT2D eigenvalue weighted by Crippen LogP contribution is 2.38. The average molecular weight is 346 g/mol. The normalized spacial score (nSPS) is 19.1. The number of nitrogens with zero attached hydrogens (tertiary/aromatic N) is 3. The van der Waals surface area contributed by atoms with E-state index in [1.165, 1.54) is 0 Å². The molecule has 25 heavy (non-hydrogen) atoms. The molecule has 7 nitrogen and oxygen atoms in total. The third-order valence-electron chi connectivity index (χ3n) is 4.80. The summed E-state index contributed by atoms with van der Waals surface area (Å²) in [5.41, 5.74) is 2.05. The van der Waals surface area contributed by atoms with E-state index in [4.69, 9.17) is 9.15 Å². The van der Waals surface area contributed by atoms with Crippen molar-refractivity contribution in [1.29, 1.82) is 0 Å². The summed E-state index contributed by atoms with van der Waals surface area (Å²) in [6, 6.07) is 3.71. The van der Waals surface area contributed by atoms with Gasteiger partial charge in [0.2, 0.25) is 11.8 Å². The number of hydrogen-bond acceptors (Lipinski definition) is 5. The van der Waals surface area contributed by atoms with Crippen LogP contribution in [0.1, 0.15) is 48.9 Å². The molecule has 0 radical (unpaired) electrons. The fourth-order valence-electron chi connectivity index (χ4n) is 3.70. The van der Waals surface area contributed by atoms with Crippen LogP contribution in [-0.4, -0.2) is 40.8 Å². The zero-order valence-corrected chi connectivity index (χ0v) is 15.3. The number of methoxy groups -OCH3 is 1. The fourth-order valence-corrected chi connectivity index (χ4v) is 3.70. The quantitative estimate of drug-likeness (QED) is 0.869. The number of carbonyl (C=O) groups is 1. The Hall–Kier alpha value is -2.28. The van der Waals surface area contributed by atoms with Crippen LogP contribution in [0.5, 0.6) is 5.88 Å². The van der Waals surface area contributed by atoms with Crippen LogP contribution < -0.4 is 10.1 Å². The van der Waals surface area contributed by atoms with Crippen molar-refractivity contribution >= 4 is 5.91 Å². The standard InChI is InChI=1S/C18H26N4O3/c1-12(15-8-6-10-25-15)19-16(23)11-22-9-5-7-14(22)17-13(2)20-21(3)18(17)24-4/h6,8,10,12,14H,5,7,9,11H2,1-4H3,(H,19,23)/t12-,14+/m0/s1. The Labute approximate surface area is 147 Å². The molecule has 1 fully saturated rings. The summed E-state index contributed by atoms with van der Waals surface area (Å²) in [4.78, 5) is 14.7. The van der Waals surface area contributed by atoms with Crippen LogP contribution in [-0.2, 0) is 11.8 Å². The predicted molar refractivity (Wildman–Crippen MR) is 93.3 cm³/mol. The van der Waals surface area contributed by atoms with Crippen LogP contribution in [0.4, 0.5) is 0 Å². The summed E-state index contributed by atoms with van der Waals surface area (Å²) >= 11 is 0. The molecule has 2 atom stereocenters. The Bertz CT molecular complexity index is 723. The van der Waals surface area contributed by atoms with Crippen molar-refractivity contribution in [3.63, 3.8) is 0 Å². The number of amides is 1. The van der Waals surface area contributed by atoms with Gasteiger partial charge in [0.05, 0.1) is 37.2 Å². The summed E-state index contributed by atoms with van der Waals surface area (Å²) in [7, 11) is 3.55. The Morgan fingerprint density at radius 2 is 2.36 bits per heavy atom. The number of furan rings is 1. The highest BCUT2D eigenvalue weighted by atomic mass is 16.5. The molecular formula is C18H26N4O3. The third kappa shape index (κ3) is 3.56. The highest BCUT2D eigenvalue weighted by molar-refractivity contribution is 5.78.